The average molecular weight is 322 g/mol. The molecule has 0 fully saturated rings. The van der Waals surface area contributed by atoms with Crippen molar-refractivity contribution in [3.05, 3.63) is 41.2 Å². The summed E-state index contributed by atoms with van der Waals surface area (Å²) in [7, 11) is 0. The van der Waals surface area contributed by atoms with E-state index in [2.05, 4.69) is 10.3 Å². The van der Waals surface area contributed by atoms with E-state index in [1.165, 1.54) is 11.4 Å². The summed E-state index contributed by atoms with van der Waals surface area (Å²) >= 11 is 1.13. The fourth-order valence-electron chi connectivity index (χ4n) is 1.87. The molecule has 0 saturated carbocycles. The molecule has 0 spiro atoms. The van der Waals surface area contributed by atoms with Crippen LogP contribution >= 0.6 is 11.3 Å². The van der Waals surface area contributed by atoms with Gasteiger partial charge in [-0.15, -0.1) is 11.3 Å². The van der Waals surface area contributed by atoms with Gasteiger partial charge in [-0.3, -0.25) is 4.79 Å². The number of nitrogens with one attached hydrogen (secondary N) is 1. The Bertz CT molecular complexity index is 700. The van der Waals surface area contributed by atoms with Gasteiger partial charge in [0, 0.05) is 10.9 Å². The molecule has 0 unspecified atom stereocenters. The molecule has 1 atom stereocenters. The highest BCUT2D eigenvalue weighted by Gasteiger charge is 2.25. The maximum absolute atomic E-state index is 13.7. The molecule has 1 aromatic carbocycles. The van der Waals surface area contributed by atoms with Gasteiger partial charge < -0.3 is 10.4 Å². The number of carboxylic acid groups (broad SMARTS) is 1. The molecule has 0 aliphatic rings. The van der Waals surface area contributed by atoms with Crippen LogP contribution < -0.4 is 5.32 Å². The maximum atomic E-state index is 13.7. The Hall–Kier alpha value is -2.28. The minimum atomic E-state index is -1.10. The molecule has 2 N–H and O–H groups in total. The third-order valence-corrected chi connectivity index (χ3v) is 3.94. The number of thiazole rings is 1. The van der Waals surface area contributed by atoms with E-state index in [1.54, 1.807) is 32.0 Å². The Balaban J connectivity index is 2.19. The molecule has 2 rings (SSSR count). The van der Waals surface area contributed by atoms with Crippen molar-refractivity contribution in [2.24, 2.45) is 5.92 Å². The fourth-order valence-corrected chi connectivity index (χ4v) is 2.69. The minimum absolute atomic E-state index is 0.0788. The van der Waals surface area contributed by atoms with Crippen LogP contribution in [0.3, 0.4) is 0 Å². The zero-order valence-corrected chi connectivity index (χ0v) is 12.9. The van der Waals surface area contributed by atoms with Crippen molar-refractivity contribution in [2.75, 3.05) is 0 Å². The van der Waals surface area contributed by atoms with Gasteiger partial charge >= 0.3 is 5.97 Å². The third kappa shape index (κ3) is 3.48. The Kier molecular flexibility index (Phi) is 4.87. The summed E-state index contributed by atoms with van der Waals surface area (Å²) in [6, 6.07) is 5.14. The molecular formula is C15H15FN2O3S. The first-order valence-corrected chi connectivity index (χ1v) is 7.52. The van der Waals surface area contributed by atoms with Crippen molar-refractivity contribution in [2.45, 2.75) is 19.9 Å². The summed E-state index contributed by atoms with van der Waals surface area (Å²) in [5.74, 6) is -2.37. The third-order valence-electron chi connectivity index (χ3n) is 3.06. The van der Waals surface area contributed by atoms with Gasteiger partial charge in [-0.2, -0.15) is 0 Å². The normalized spacial score (nSPS) is 12.2. The molecule has 0 aliphatic carbocycles. The predicted molar refractivity (Wildman–Crippen MR) is 81.2 cm³/mol. The molecule has 1 aromatic heterocycles. The second-order valence-corrected chi connectivity index (χ2v) is 5.91. The number of aliphatic carboxylic acids is 1. The quantitative estimate of drug-likeness (QED) is 0.887. The maximum Gasteiger partial charge on any atom is 0.326 e. The van der Waals surface area contributed by atoms with Gasteiger partial charge in [0.05, 0.1) is 0 Å². The summed E-state index contributed by atoms with van der Waals surface area (Å²) in [4.78, 5) is 27.3. The summed E-state index contributed by atoms with van der Waals surface area (Å²) < 4.78 is 13.7. The number of hydrogen-bond acceptors (Lipinski definition) is 4. The van der Waals surface area contributed by atoms with E-state index in [9.17, 15) is 14.0 Å². The Labute approximate surface area is 130 Å². The topological polar surface area (TPSA) is 79.3 Å². The van der Waals surface area contributed by atoms with E-state index >= 15 is 0 Å². The molecule has 1 amide bonds. The van der Waals surface area contributed by atoms with Crippen LogP contribution in [0.5, 0.6) is 0 Å². The number of carboxylic acids is 1. The average Bonchev–Trinajstić information content (AvgIpc) is 2.94. The van der Waals surface area contributed by atoms with E-state index in [1.807, 2.05) is 0 Å². The van der Waals surface area contributed by atoms with E-state index in [0.29, 0.717) is 10.6 Å². The van der Waals surface area contributed by atoms with Crippen LogP contribution in [0.2, 0.25) is 0 Å². The number of carbonyl (C=O) groups excluding carboxylic acids is 1. The van der Waals surface area contributed by atoms with Crippen molar-refractivity contribution in [3.8, 4) is 10.6 Å². The van der Waals surface area contributed by atoms with Crippen molar-refractivity contribution < 1.29 is 19.1 Å². The lowest BCUT2D eigenvalue weighted by molar-refractivity contribution is -0.140. The second kappa shape index (κ2) is 6.65. The largest absolute Gasteiger partial charge is 0.480 e. The zero-order valence-electron chi connectivity index (χ0n) is 12.0. The van der Waals surface area contributed by atoms with E-state index in [4.69, 9.17) is 5.11 Å². The highest BCUT2D eigenvalue weighted by molar-refractivity contribution is 7.13. The molecule has 1 heterocycles. The van der Waals surface area contributed by atoms with E-state index in [0.717, 1.165) is 11.3 Å². The molecule has 5 nitrogen and oxygen atoms in total. The lowest BCUT2D eigenvalue weighted by Gasteiger charge is -2.16. The van der Waals surface area contributed by atoms with Crippen molar-refractivity contribution in [1.82, 2.24) is 10.3 Å². The van der Waals surface area contributed by atoms with Crippen molar-refractivity contribution in [3.63, 3.8) is 0 Å². The molecular weight excluding hydrogens is 307 g/mol. The Morgan fingerprint density at radius 1 is 1.32 bits per heavy atom. The monoisotopic (exact) mass is 322 g/mol. The van der Waals surface area contributed by atoms with Crippen LogP contribution in [-0.4, -0.2) is 28.0 Å². The number of rotatable bonds is 5. The molecule has 2 aromatic rings. The smallest absolute Gasteiger partial charge is 0.326 e. The number of amides is 1. The van der Waals surface area contributed by atoms with Crippen LogP contribution in [0.25, 0.3) is 10.6 Å². The van der Waals surface area contributed by atoms with Gasteiger partial charge in [0.15, 0.2) is 0 Å². The molecule has 0 saturated heterocycles. The fraction of sp³-hybridized carbons (Fsp3) is 0.267. The first-order chi connectivity index (χ1) is 10.4. The molecule has 22 heavy (non-hydrogen) atoms. The highest BCUT2D eigenvalue weighted by Crippen LogP contribution is 2.26. The lowest BCUT2D eigenvalue weighted by Crippen LogP contribution is -2.44. The van der Waals surface area contributed by atoms with Crippen LogP contribution in [0.4, 0.5) is 4.39 Å². The Morgan fingerprint density at radius 2 is 2.00 bits per heavy atom. The van der Waals surface area contributed by atoms with Gasteiger partial charge in [-0.25, -0.2) is 14.2 Å². The van der Waals surface area contributed by atoms with Gasteiger partial charge in [0.25, 0.3) is 5.91 Å². The number of nitrogens with zero attached hydrogens (tertiary/aromatic N) is 1. The minimum Gasteiger partial charge on any atom is -0.480 e. The number of halogens is 1. The van der Waals surface area contributed by atoms with Gasteiger partial charge in [-0.05, 0) is 18.1 Å². The van der Waals surface area contributed by atoms with Crippen LogP contribution in [0.1, 0.15) is 24.3 Å². The van der Waals surface area contributed by atoms with Gasteiger partial charge in [0.1, 0.15) is 22.6 Å². The summed E-state index contributed by atoms with van der Waals surface area (Å²) in [6.07, 6.45) is 0. The number of hydrogen-bond donors (Lipinski definition) is 2. The molecule has 116 valence electrons. The van der Waals surface area contributed by atoms with E-state index in [-0.39, 0.29) is 11.6 Å². The summed E-state index contributed by atoms with van der Waals surface area (Å²) in [5.41, 5.74) is 0.389. The van der Waals surface area contributed by atoms with Gasteiger partial charge in [-0.1, -0.05) is 26.0 Å². The number of carbonyl (C=O) groups is 2. The first kappa shape index (κ1) is 16.1. The highest BCUT2D eigenvalue weighted by atomic mass is 32.1. The van der Waals surface area contributed by atoms with E-state index < -0.39 is 23.7 Å². The first-order valence-electron chi connectivity index (χ1n) is 6.64. The molecule has 0 bridgehead atoms. The number of aromatic nitrogens is 1. The van der Waals surface area contributed by atoms with Crippen LogP contribution in [0.15, 0.2) is 29.6 Å². The van der Waals surface area contributed by atoms with Gasteiger partial charge in [0.2, 0.25) is 0 Å². The van der Waals surface area contributed by atoms with Crippen LogP contribution in [-0.2, 0) is 4.79 Å². The SMILES string of the molecule is CC(C)[C@H](NC(=O)c1csc(-c2ccccc2F)n1)C(=O)O. The molecule has 7 heteroatoms. The lowest BCUT2D eigenvalue weighted by atomic mass is 10.0. The van der Waals surface area contributed by atoms with Crippen molar-refractivity contribution >= 4 is 23.2 Å². The number of benzene rings is 1. The molecule has 0 aliphatic heterocycles. The molecule has 0 radical (unpaired) electrons. The summed E-state index contributed by atoms with van der Waals surface area (Å²) in [5, 5.41) is 13.4. The zero-order chi connectivity index (χ0) is 16.3. The predicted octanol–water partition coefficient (Wildman–Crippen LogP) is 2.79. The van der Waals surface area contributed by atoms with Crippen molar-refractivity contribution in [1.29, 1.82) is 0 Å². The second-order valence-electron chi connectivity index (χ2n) is 5.05. The summed E-state index contributed by atoms with van der Waals surface area (Å²) in [6.45, 7) is 3.40. The Morgan fingerprint density at radius 3 is 2.59 bits per heavy atom. The van der Waals surface area contributed by atoms with Crippen LogP contribution in [0, 0.1) is 11.7 Å². The standard InChI is InChI=1S/C15H15FN2O3S/c1-8(2)12(15(20)21)18-13(19)11-7-22-14(17-11)9-5-3-4-6-10(9)16/h3-8,12H,1-2H3,(H,18,19)(H,20,21)/t12-/m0/s1.